The summed E-state index contributed by atoms with van der Waals surface area (Å²) >= 11 is 0. The molecule has 0 saturated heterocycles. The molecule has 0 bridgehead atoms. The smallest absolute Gasteiger partial charge is 0.214 e. The van der Waals surface area contributed by atoms with E-state index in [9.17, 15) is 0 Å². The van der Waals surface area contributed by atoms with E-state index in [4.69, 9.17) is 9.47 Å². The predicted molar refractivity (Wildman–Crippen MR) is 54.2 cm³/mol. The maximum absolute atomic E-state index is 5.50. The SMILES string of the molecule is C=Cc1c2c(c3c4c(cccc14)O3)O2. The van der Waals surface area contributed by atoms with Gasteiger partial charge in [0.15, 0.2) is 11.5 Å². The molecule has 14 heavy (non-hydrogen) atoms. The Hall–Kier alpha value is -1.96. The van der Waals surface area contributed by atoms with E-state index in [1.807, 2.05) is 18.2 Å². The molecular weight excluding hydrogens is 176 g/mol. The number of hydrogen-bond donors (Lipinski definition) is 0. The third-order valence-electron chi connectivity index (χ3n) is 2.78. The number of hydrogen-bond acceptors (Lipinski definition) is 2. The zero-order valence-electron chi connectivity index (χ0n) is 7.33. The summed E-state index contributed by atoms with van der Waals surface area (Å²) in [5.41, 5.74) is 1.09. The van der Waals surface area contributed by atoms with Gasteiger partial charge in [0.2, 0.25) is 5.75 Å². The molecule has 0 aromatic heterocycles. The summed E-state index contributed by atoms with van der Waals surface area (Å²) in [5, 5.41) is 2.36. The van der Waals surface area contributed by atoms with Crippen LogP contribution in [0, 0.1) is 0 Å². The van der Waals surface area contributed by atoms with Gasteiger partial charge in [-0.1, -0.05) is 24.8 Å². The van der Waals surface area contributed by atoms with Crippen LogP contribution in [-0.4, -0.2) is 0 Å². The van der Waals surface area contributed by atoms with Gasteiger partial charge < -0.3 is 9.47 Å². The molecule has 0 saturated carbocycles. The molecule has 0 atom stereocenters. The molecule has 2 heteroatoms. The van der Waals surface area contributed by atoms with Gasteiger partial charge in [-0.15, -0.1) is 0 Å². The van der Waals surface area contributed by atoms with Gasteiger partial charge in [0.1, 0.15) is 5.75 Å². The zero-order valence-corrected chi connectivity index (χ0v) is 7.33. The van der Waals surface area contributed by atoms with Crippen molar-refractivity contribution in [3.8, 4) is 23.0 Å². The second kappa shape index (κ2) is 1.77. The first-order valence-electron chi connectivity index (χ1n) is 4.51. The Balaban J connectivity index is 2.32. The molecule has 0 unspecified atom stereocenters. The lowest BCUT2D eigenvalue weighted by atomic mass is 10.0. The van der Waals surface area contributed by atoms with Crippen LogP contribution in [0.3, 0.4) is 0 Å². The molecule has 2 aliphatic rings. The van der Waals surface area contributed by atoms with Gasteiger partial charge in [0.05, 0.1) is 5.39 Å². The summed E-state index contributed by atoms with van der Waals surface area (Å²) in [6.45, 7) is 3.80. The molecule has 2 aromatic carbocycles. The van der Waals surface area contributed by atoms with E-state index < -0.39 is 0 Å². The van der Waals surface area contributed by atoms with E-state index in [2.05, 4.69) is 12.6 Å². The fraction of sp³-hybridized carbons (Fsp3) is 0. The highest BCUT2D eigenvalue weighted by Crippen LogP contribution is 2.65. The highest BCUT2D eigenvalue weighted by Gasteiger charge is 2.38. The lowest BCUT2D eigenvalue weighted by Crippen LogP contribution is -1.95. The van der Waals surface area contributed by atoms with E-state index >= 15 is 0 Å². The standard InChI is InChI=1S/C12H6O2/c1-2-6-7-4-3-5-8-9(7)11(13-8)12-10(6)14-12/h2-5H,1H2. The summed E-state index contributed by atoms with van der Waals surface area (Å²) in [6, 6.07) is 6.03. The fourth-order valence-electron chi connectivity index (χ4n) is 2.08. The summed E-state index contributed by atoms with van der Waals surface area (Å²) in [6.07, 6.45) is 1.84. The van der Waals surface area contributed by atoms with Crippen LogP contribution in [0.25, 0.3) is 16.8 Å². The second-order valence-corrected chi connectivity index (χ2v) is 3.49. The van der Waals surface area contributed by atoms with Gasteiger partial charge in [-0.2, -0.15) is 0 Å². The van der Waals surface area contributed by atoms with E-state index in [1.165, 1.54) is 10.8 Å². The molecular formula is C12H6O2. The number of ether oxygens (including phenoxy) is 2. The maximum atomic E-state index is 5.50. The first kappa shape index (κ1) is 6.49. The van der Waals surface area contributed by atoms with Crippen LogP contribution in [0.2, 0.25) is 0 Å². The van der Waals surface area contributed by atoms with Crippen molar-refractivity contribution in [3.05, 3.63) is 30.3 Å². The van der Waals surface area contributed by atoms with Gasteiger partial charge in [-0.3, -0.25) is 0 Å². The summed E-state index contributed by atoms with van der Waals surface area (Å²) in [4.78, 5) is 0. The Kier molecular flexibility index (Phi) is 0.822. The van der Waals surface area contributed by atoms with Crippen molar-refractivity contribution in [1.29, 1.82) is 0 Å². The Labute approximate surface area is 80.4 Å². The largest absolute Gasteiger partial charge is 0.452 e. The Morgan fingerprint density at radius 3 is 2.86 bits per heavy atom. The Morgan fingerprint density at radius 1 is 1.07 bits per heavy atom. The summed E-state index contributed by atoms with van der Waals surface area (Å²) in [7, 11) is 0. The molecule has 0 aliphatic carbocycles. The molecule has 2 heterocycles. The summed E-state index contributed by atoms with van der Waals surface area (Å²) in [5.74, 6) is 3.67. The number of fused-ring (bicyclic) bond motifs is 2. The average Bonchev–Trinajstić information content (AvgIpc) is 2.90. The molecule has 4 rings (SSSR count). The van der Waals surface area contributed by atoms with Crippen LogP contribution in [0.15, 0.2) is 24.8 Å². The van der Waals surface area contributed by atoms with Crippen LogP contribution in [0.5, 0.6) is 23.0 Å². The minimum Gasteiger partial charge on any atom is -0.452 e. The zero-order chi connectivity index (χ0) is 9.28. The van der Waals surface area contributed by atoms with E-state index in [0.29, 0.717) is 0 Å². The van der Waals surface area contributed by atoms with E-state index in [1.54, 1.807) is 0 Å². The minimum absolute atomic E-state index is 0.895. The molecule has 2 aliphatic heterocycles. The quantitative estimate of drug-likeness (QED) is 0.419. The van der Waals surface area contributed by atoms with Crippen molar-refractivity contribution in [2.45, 2.75) is 0 Å². The third kappa shape index (κ3) is 0.512. The molecule has 2 aromatic rings. The van der Waals surface area contributed by atoms with Crippen molar-refractivity contribution in [2.24, 2.45) is 0 Å². The van der Waals surface area contributed by atoms with Gasteiger partial charge in [-0.25, -0.2) is 0 Å². The molecule has 2 nitrogen and oxygen atoms in total. The highest BCUT2D eigenvalue weighted by atomic mass is 16.6. The van der Waals surface area contributed by atoms with Crippen molar-refractivity contribution < 1.29 is 9.47 Å². The Morgan fingerprint density at radius 2 is 2.00 bits per heavy atom. The van der Waals surface area contributed by atoms with Crippen molar-refractivity contribution in [3.63, 3.8) is 0 Å². The topological polar surface area (TPSA) is 21.8 Å². The van der Waals surface area contributed by atoms with Crippen molar-refractivity contribution >= 4 is 16.8 Å². The second-order valence-electron chi connectivity index (χ2n) is 3.49. The molecule has 0 spiro atoms. The van der Waals surface area contributed by atoms with Gasteiger partial charge >= 0.3 is 0 Å². The molecule has 0 N–H and O–H groups in total. The average molecular weight is 182 g/mol. The van der Waals surface area contributed by atoms with Gasteiger partial charge in [0, 0.05) is 10.9 Å². The lowest BCUT2D eigenvalue weighted by molar-refractivity contribution is 0.452. The van der Waals surface area contributed by atoms with E-state index in [-0.39, 0.29) is 0 Å². The van der Waals surface area contributed by atoms with E-state index in [0.717, 1.165) is 28.6 Å². The highest BCUT2D eigenvalue weighted by molar-refractivity contribution is 6.09. The predicted octanol–water partition coefficient (Wildman–Crippen LogP) is 3.69. The van der Waals surface area contributed by atoms with Crippen molar-refractivity contribution in [1.82, 2.24) is 0 Å². The van der Waals surface area contributed by atoms with Crippen LogP contribution in [-0.2, 0) is 0 Å². The number of rotatable bonds is 1. The third-order valence-corrected chi connectivity index (χ3v) is 2.78. The monoisotopic (exact) mass is 182 g/mol. The summed E-state index contributed by atoms with van der Waals surface area (Å²) < 4.78 is 10.9. The first-order chi connectivity index (χ1) is 6.90. The minimum atomic E-state index is 0.895. The normalized spacial score (nSPS) is 13.7. The molecule has 0 fully saturated rings. The van der Waals surface area contributed by atoms with Crippen LogP contribution in [0.4, 0.5) is 0 Å². The van der Waals surface area contributed by atoms with Crippen LogP contribution >= 0.6 is 0 Å². The van der Waals surface area contributed by atoms with Gasteiger partial charge in [0.25, 0.3) is 0 Å². The van der Waals surface area contributed by atoms with Crippen LogP contribution < -0.4 is 9.47 Å². The number of benzene rings is 2. The molecule has 0 radical (unpaired) electrons. The maximum Gasteiger partial charge on any atom is 0.214 e. The Bertz CT molecular complexity index is 611. The molecule has 66 valence electrons. The van der Waals surface area contributed by atoms with Crippen LogP contribution in [0.1, 0.15) is 5.56 Å². The lowest BCUT2D eigenvalue weighted by Gasteiger charge is -2.19. The van der Waals surface area contributed by atoms with Crippen molar-refractivity contribution in [2.75, 3.05) is 0 Å². The first-order valence-corrected chi connectivity index (χ1v) is 4.51. The van der Waals surface area contributed by atoms with Gasteiger partial charge in [-0.05, 0) is 6.07 Å². The molecule has 0 amide bonds. The fourth-order valence-corrected chi connectivity index (χ4v) is 2.08.